The van der Waals surface area contributed by atoms with Crippen LogP contribution in [0.2, 0.25) is 0 Å². The van der Waals surface area contributed by atoms with Crippen molar-refractivity contribution in [3.05, 3.63) is 53.5 Å². The van der Waals surface area contributed by atoms with Crippen molar-refractivity contribution in [3.63, 3.8) is 0 Å². The third-order valence-electron chi connectivity index (χ3n) is 7.12. The lowest BCUT2D eigenvalue weighted by molar-refractivity contribution is -0.118. The fourth-order valence-electron chi connectivity index (χ4n) is 5.08. The van der Waals surface area contributed by atoms with Crippen LogP contribution in [0.3, 0.4) is 0 Å². The molecule has 2 aliphatic heterocycles. The number of hydrogen-bond acceptors (Lipinski definition) is 6. The van der Waals surface area contributed by atoms with Crippen LogP contribution in [0.15, 0.2) is 52.9 Å². The predicted octanol–water partition coefficient (Wildman–Crippen LogP) is 4.28. The predicted molar refractivity (Wildman–Crippen MR) is 128 cm³/mol. The van der Waals surface area contributed by atoms with Gasteiger partial charge in [0.25, 0.3) is 0 Å². The first-order valence-corrected chi connectivity index (χ1v) is 13.7. The third-order valence-corrected chi connectivity index (χ3v) is 9.04. The summed E-state index contributed by atoms with van der Waals surface area (Å²) in [6.07, 6.45) is 3.65. The van der Waals surface area contributed by atoms with Crippen LogP contribution in [0, 0.1) is 5.41 Å². The molecule has 1 amide bonds. The Morgan fingerprint density at radius 2 is 1.91 bits per heavy atom. The van der Waals surface area contributed by atoms with Crippen LogP contribution < -0.4 is 4.90 Å². The number of fused-ring (bicyclic) bond motifs is 1. The van der Waals surface area contributed by atoms with Crippen LogP contribution in [0.4, 0.5) is 5.69 Å². The summed E-state index contributed by atoms with van der Waals surface area (Å²) >= 11 is 1.66. The summed E-state index contributed by atoms with van der Waals surface area (Å²) in [6, 6.07) is 13.6. The molecule has 0 radical (unpaired) electrons. The van der Waals surface area contributed by atoms with E-state index in [2.05, 4.69) is 35.0 Å². The number of hydrogen-bond donors (Lipinski definition) is 0. The van der Waals surface area contributed by atoms with E-state index in [4.69, 9.17) is 0 Å². The molecule has 2 saturated heterocycles. The maximum Gasteiger partial charge on any atom is 0.227 e. The number of likely N-dealkylation sites (tertiary alicyclic amines) is 1. The molecule has 1 unspecified atom stereocenters. The van der Waals surface area contributed by atoms with Gasteiger partial charge in [0.15, 0.2) is 9.84 Å². The molecule has 5 rings (SSSR count). The van der Waals surface area contributed by atoms with Crippen LogP contribution in [0.1, 0.15) is 37.8 Å². The van der Waals surface area contributed by atoms with Gasteiger partial charge >= 0.3 is 0 Å². The number of aromatic nitrogens is 1. The molecule has 8 heteroatoms. The van der Waals surface area contributed by atoms with Gasteiger partial charge in [-0.15, -0.1) is 11.3 Å². The molecule has 0 aliphatic carbocycles. The van der Waals surface area contributed by atoms with Crippen molar-refractivity contribution in [1.29, 1.82) is 0 Å². The van der Waals surface area contributed by atoms with Gasteiger partial charge < -0.3 is 4.90 Å². The van der Waals surface area contributed by atoms with Gasteiger partial charge in [0.05, 0.1) is 20.6 Å². The van der Waals surface area contributed by atoms with Gasteiger partial charge in [-0.05, 0) is 74.2 Å². The molecule has 168 valence electrons. The largest absolute Gasteiger partial charge is 0.312 e. The molecule has 3 heterocycles. The van der Waals surface area contributed by atoms with Gasteiger partial charge in [0.1, 0.15) is 0 Å². The minimum atomic E-state index is -3.31. The molecular formula is C24H27N3O3S2. The summed E-state index contributed by atoms with van der Waals surface area (Å²) in [4.78, 5) is 21.9. The second-order valence-corrected chi connectivity index (χ2v) is 12.1. The maximum absolute atomic E-state index is 12.9. The highest BCUT2D eigenvalue weighted by atomic mass is 32.2. The van der Waals surface area contributed by atoms with E-state index in [1.807, 2.05) is 11.6 Å². The van der Waals surface area contributed by atoms with Crippen molar-refractivity contribution in [2.45, 2.75) is 37.1 Å². The molecule has 1 atom stereocenters. The van der Waals surface area contributed by atoms with Crippen LogP contribution in [0.25, 0.3) is 10.2 Å². The normalized spacial score (nSPS) is 20.3. The summed E-state index contributed by atoms with van der Waals surface area (Å²) in [5.41, 5.74) is 4.87. The van der Waals surface area contributed by atoms with Crippen LogP contribution >= 0.6 is 11.3 Å². The molecular weight excluding hydrogens is 442 g/mol. The van der Waals surface area contributed by atoms with Crippen LogP contribution in [0.5, 0.6) is 0 Å². The smallest absolute Gasteiger partial charge is 0.227 e. The lowest BCUT2D eigenvalue weighted by atomic mass is 9.77. The highest BCUT2D eigenvalue weighted by Gasteiger charge is 2.45. The molecule has 2 fully saturated rings. The van der Waals surface area contributed by atoms with Crippen molar-refractivity contribution >= 4 is 43.0 Å². The average Bonchev–Trinajstić information content (AvgIpc) is 3.37. The Hall–Kier alpha value is -2.29. The SMILES string of the molecule is CC(c1ccc2scnc2c1)N1CCC2(CC1)CC(=O)N(c1cccc(S(C)(=O)=O)c1)C2. The van der Waals surface area contributed by atoms with E-state index in [0.717, 1.165) is 31.4 Å². The number of carbonyl (C=O) groups excluding carboxylic acids is 1. The van der Waals surface area contributed by atoms with E-state index >= 15 is 0 Å². The number of carbonyl (C=O) groups is 1. The van der Waals surface area contributed by atoms with E-state index in [1.165, 1.54) is 16.5 Å². The Morgan fingerprint density at radius 1 is 1.12 bits per heavy atom. The second-order valence-electron chi connectivity index (χ2n) is 9.22. The van der Waals surface area contributed by atoms with Crippen molar-refractivity contribution in [2.24, 2.45) is 5.41 Å². The van der Waals surface area contributed by atoms with Gasteiger partial charge in [-0.1, -0.05) is 12.1 Å². The molecule has 0 bridgehead atoms. The molecule has 0 N–H and O–H groups in total. The van der Waals surface area contributed by atoms with E-state index in [-0.39, 0.29) is 16.2 Å². The van der Waals surface area contributed by atoms with Crippen LogP contribution in [-0.2, 0) is 14.6 Å². The number of sulfone groups is 1. The number of thiazole rings is 1. The number of amides is 1. The standard InChI is InChI=1S/C24H27N3O3S2/c1-17(18-6-7-22-21(12-18)25-16-31-22)26-10-8-24(9-11-26)14-23(28)27(15-24)19-4-3-5-20(13-19)32(2,29)30/h3-7,12-13,16-17H,8-11,14-15H2,1-2H3. The summed E-state index contributed by atoms with van der Waals surface area (Å²) in [6.45, 7) is 4.79. The fraction of sp³-hybridized carbons (Fsp3) is 0.417. The van der Waals surface area contributed by atoms with Crippen molar-refractivity contribution in [1.82, 2.24) is 9.88 Å². The Balaban J connectivity index is 1.29. The number of anilines is 1. The highest BCUT2D eigenvalue weighted by molar-refractivity contribution is 7.90. The molecule has 1 aromatic heterocycles. The lowest BCUT2D eigenvalue weighted by Crippen LogP contribution is -2.42. The summed E-state index contributed by atoms with van der Waals surface area (Å²) < 4.78 is 25.1. The minimum Gasteiger partial charge on any atom is -0.312 e. The summed E-state index contributed by atoms with van der Waals surface area (Å²) in [5, 5.41) is 0. The number of piperidine rings is 1. The maximum atomic E-state index is 12.9. The van der Waals surface area contributed by atoms with Crippen LogP contribution in [-0.4, -0.2) is 50.1 Å². The molecule has 32 heavy (non-hydrogen) atoms. The van der Waals surface area contributed by atoms with Crippen molar-refractivity contribution in [3.8, 4) is 0 Å². The van der Waals surface area contributed by atoms with Gasteiger partial charge in [0.2, 0.25) is 5.91 Å². The van der Waals surface area contributed by atoms with E-state index in [9.17, 15) is 13.2 Å². The third kappa shape index (κ3) is 3.95. The average molecular weight is 470 g/mol. The first kappa shape index (κ1) is 21.6. The topological polar surface area (TPSA) is 70.6 Å². The zero-order chi connectivity index (χ0) is 22.5. The van der Waals surface area contributed by atoms with E-state index < -0.39 is 9.84 Å². The molecule has 1 spiro atoms. The molecule has 6 nitrogen and oxygen atoms in total. The summed E-state index contributed by atoms with van der Waals surface area (Å²) in [5.74, 6) is 0.0890. The van der Waals surface area contributed by atoms with Gasteiger partial charge in [0, 0.05) is 31.0 Å². The van der Waals surface area contributed by atoms with E-state index in [0.29, 0.717) is 24.7 Å². The molecule has 2 aromatic carbocycles. The highest BCUT2D eigenvalue weighted by Crippen LogP contribution is 2.44. The monoisotopic (exact) mass is 469 g/mol. The Bertz CT molecular complexity index is 1280. The van der Waals surface area contributed by atoms with Gasteiger partial charge in [-0.2, -0.15) is 0 Å². The Kier molecular flexibility index (Phi) is 5.34. The molecule has 0 saturated carbocycles. The van der Waals surface area contributed by atoms with Gasteiger partial charge in [-0.25, -0.2) is 13.4 Å². The molecule has 2 aliphatic rings. The first-order valence-electron chi connectivity index (χ1n) is 10.9. The lowest BCUT2D eigenvalue weighted by Gasteiger charge is -2.41. The molecule has 3 aromatic rings. The Morgan fingerprint density at radius 3 is 2.66 bits per heavy atom. The van der Waals surface area contributed by atoms with Crippen molar-refractivity contribution in [2.75, 3.05) is 30.8 Å². The first-order chi connectivity index (χ1) is 15.2. The Labute approximate surface area is 192 Å². The summed E-state index contributed by atoms with van der Waals surface area (Å²) in [7, 11) is -3.31. The van der Waals surface area contributed by atoms with Gasteiger partial charge in [-0.3, -0.25) is 9.69 Å². The van der Waals surface area contributed by atoms with E-state index in [1.54, 1.807) is 34.4 Å². The minimum absolute atomic E-state index is 0.0345. The van der Waals surface area contributed by atoms with Crippen molar-refractivity contribution < 1.29 is 13.2 Å². The fourth-order valence-corrected chi connectivity index (χ4v) is 6.40. The quantitative estimate of drug-likeness (QED) is 0.570. The zero-order valence-corrected chi connectivity index (χ0v) is 20.0. The number of rotatable bonds is 4. The second kappa shape index (κ2) is 7.93. The number of nitrogens with zero attached hydrogens (tertiary/aromatic N) is 3. The zero-order valence-electron chi connectivity index (χ0n) is 18.3. The number of benzene rings is 2.